The first kappa shape index (κ1) is 25.6. The summed E-state index contributed by atoms with van der Waals surface area (Å²) in [5.41, 5.74) is 16.9. The summed E-state index contributed by atoms with van der Waals surface area (Å²) in [6.07, 6.45) is 4.53. The lowest BCUT2D eigenvalue weighted by atomic mass is 9.90. The van der Waals surface area contributed by atoms with Gasteiger partial charge in [-0.2, -0.15) is 0 Å². The summed E-state index contributed by atoms with van der Waals surface area (Å²) in [4.78, 5) is 14.1. The highest BCUT2D eigenvalue weighted by atomic mass is 32.2. The number of hydrogen-bond donors (Lipinski definition) is 3. The molecule has 5 N–H and O–H groups in total. The second-order valence-corrected chi connectivity index (χ2v) is 9.86. The van der Waals surface area contributed by atoms with Crippen molar-refractivity contribution in [3.05, 3.63) is 95.3 Å². The number of pyridine rings is 1. The Morgan fingerprint density at radius 1 is 1.05 bits per heavy atom. The Bertz CT molecular complexity index is 1620. The van der Waals surface area contributed by atoms with Gasteiger partial charge in [0, 0.05) is 27.1 Å². The van der Waals surface area contributed by atoms with Gasteiger partial charge in [-0.25, -0.2) is 14.4 Å². The molecule has 6 nitrogen and oxygen atoms in total. The van der Waals surface area contributed by atoms with Crippen LogP contribution in [0.4, 0.5) is 15.9 Å². The minimum Gasteiger partial charge on any atom is -0.491 e. The molecule has 0 aliphatic rings. The minimum atomic E-state index is -0.663. The molecule has 0 amide bonds. The summed E-state index contributed by atoms with van der Waals surface area (Å²) in [6, 6.07) is 19.1. The van der Waals surface area contributed by atoms with Gasteiger partial charge in [0.15, 0.2) is 11.6 Å². The molecule has 194 valence electrons. The van der Waals surface area contributed by atoms with Gasteiger partial charge in [-0.15, -0.1) is 11.8 Å². The number of benzene rings is 3. The van der Waals surface area contributed by atoms with Crippen LogP contribution in [0.5, 0.6) is 5.75 Å². The van der Waals surface area contributed by atoms with Gasteiger partial charge in [0.25, 0.3) is 0 Å². The number of H-pyrrole nitrogens is 1. The van der Waals surface area contributed by atoms with Crippen LogP contribution in [-0.2, 0) is 6.42 Å². The highest BCUT2D eigenvalue weighted by Crippen LogP contribution is 2.39. The number of nitrogens with two attached hydrogens (primary N) is 2. The molecule has 1 atom stereocenters. The maximum Gasteiger partial charge on any atom is 0.169 e. The molecule has 2 aromatic heterocycles. The van der Waals surface area contributed by atoms with Gasteiger partial charge < -0.3 is 21.2 Å². The Hall–Kier alpha value is -4.04. The average Bonchev–Trinajstić information content (AvgIpc) is 3.40. The van der Waals surface area contributed by atoms with E-state index in [9.17, 15) is 0 Å². The smallest absolute Gasteiger partial charge is 0.169 e. The van der Waals surface area contributed by atoms with Crippen LogP contribution < -0.4 is 16.2 Å². The van der Waals surface area contributed by atoms with E-state index in [1.165, 1.54) is 0 Å². The molecule has 38 heavy (non-hydrogen) atoms. The first-order chi connectivity index (χ1) is 18.4. The number of aromatic nitrogens is 3. The predicted molar refractivity (Wildman–Crippen MR) is 154 cm³/mol. The van der Waals surface area contributed by atoms with Crippen LogP contribution >= 0.6 is 11.8 Å². The molecule has 2 heterocycles. The first-order valence-electron chi connectivity index (χ1n) is 12.5. The zero-order valence-corrected chi connectivity index (χ0v) is 22.4. The van der Waals surface area contributed by atoms with Crippen LogP contribution in [0, 0.1) is 5.82 Å². The second-order valence-electron chi connectivity index (χ2n) is 9.01. The number of fused-ring (bicyclic) bond motifs is 1. The largest absolute Gasteiger partial charge is 0.491 e. The SMILES string of the molecule is CCOc1cc(CC)cc(C(c2cc3cc(N)ccc3c(N)n2)c2ncc(-c3ccccc3SC)[nH]2)c1F. The van der Waals surface area contributed by atoms with Crippen LogP contribution in [-0.4, -0.2) is 27.8 Å². The van der Waals surface area contributed by atoms with E-state index in [0.29, 0.717) is 41.6 Å². The number of thioether (sulfide) groups is 1. The Balaban J connectivity index is 1.75. The van der Waals surface area contributed by atoms with Crippen LogP contribution in [0.2, 0.25) is 0 Å². The third-order valence-corrected chi connectivity index (χ3v) is 7.41. The summed E-state index contributed by atoms with van der Waals surface area (Å²) >= 11 is 1.66. The number of halogens is 1. The van der Waals surface area contributed by atoms with E-state index in [2.05, 4.69) is 11.1 Å². The summed E-state index contributed by atoms with van der Waals surface area (Å²) in [6.45, 7) is 4.22. The van der Waals surface area contributed by atoms with Crippen molar-refractivity contribution in [3.8, 4) is 17.0 Å². The lowest BCUT2D eigenvalue weighted by Crippen LogP contribution is -2.12. The first-order valence-corrected chi connectivity index (χ1v) is 13.7. The van der Waals surface area contributed by atoms with E-state index in [1.807, 2.05) is 62.6 Å². The average molecular weight is 528 g/mol. The molecule has 0 saturated heterocycles. The Morgan fingerprint density at radius 2 is 1.87 bits per heavy atom. The van der Waals surface area contributed by atoms with Crippen molar-refractivity contribution in [2.45, 2.75) is 31.1 Å². The topological polar surface area (TPSA) is 103 Å². The molecule has 0 bridgehead atoms. The quantitative estimate of drug-likeness (QED) is 0.152. The van der Waals surface area contributed by atoms with Crippen LogP contribution in [0.1, 0.15) is 42.4 Å². The Labute approximate surface area is 225 Å². The van der Waals surface area contributed by atoms with Crippen molar-refractivity contribution in [1.82, 2.24) is 15.0 Å². The van der Waals surface area contributed by atoms with E-state index < -0.39 is 11.7 Å². The van der Waals surface area contributed by atoms with Crippen molar-refractivity contribution in [2.75, 3.05) is 24.3 Å². The third kappa shape index (κ3) is 4.79. The van der Waals surface area contributed by atoms with Gasteiger partial charge >= 0.3 is 0 Å². The molecular weight excluding hydrogens is 497 g/mol. The zero-order valence-electron chi connectivity index (χ0n) is 21.6. The normalized spacial score (nSPS) is 12.1. The van der Waals surface area contributed by atoms with Crippen molar-refractivity contribution in [1.29, 1.82) is 0 Å². The summed E-state index contributed by atoms with van der Waals surface area (Å²) < 4.78 is 21.8. The second kappa shape index (κ2) is 10.8. The minimum absolute atomic E-state index is 0.212. The van der Waals surface area contributed by atoms with Gasteiger partial charge in [-0.3, -0.25) is 0 Å². The maximum absolute atomic E-state index is 16.1. The number of aryl methyl sites for hydroxylation is 1. The number of rotatable bonds is 8. The number of ether oxygens (including phenoxy) is 1. The van der Waals surface area contributed by atoms with E-state index in [-0.39, 0.29) is 5.75 Å². The molecule has 0 radical (unpaired) electrons. The van der Waals surface area contributed by atoms with Gasteiger partial charge in [0.1, 0.15) is 11.6 Å². The van der Waals surface area contributed by atoms with E-state index >= 15 is 4.39 Å². The van der Waals surface area contributed by atoms with Gasteiger partial charge in [0.05, 0.1) is 30.1 Å². The van der Waals surface area contributed by atoms with Crippen LogP contribution in [0.3, 0.4) is 0 Å². The fourth-order valence-electron chi connectivity index (χ4n) is 4.76. The molecule has 0 fully saturated rings. The highest BCUT2D eigenvalue weighted by Gasteiger charge is 2.28. The number of aromatic amines is 1. The number of nitrogens with zero attached hydrogens (tertiary/aromatic N) is 2. The van der Waals surface area contributed by atoms with E-state index in [4.69, 9.17) is 26.2 Å². The summed E-state index contributed by atoms with van der Waals surface area (Å²) in [7, 11) is 0. The van der Waals surface area contributed by atoms with Crippen LogP contribution in [0.25, 0.3) is 22.0 Å². The number of nitrogens with one attached hydrogen (secondary N) is 1. The molecule has 0 aliphatic carbocycles. The fraction of sp³-hybridized carbons (Fsp3) is 0.200. The number of nitrogen functional groups attached to an aromatic ring is 2. The lowest BCUT2D eigenvalue weighted by molar-refractivity contribution is 0.319. The summed E-state index contributed by atoms with van der Waals surface area (Å²) in [5, 5.41) is 1.61. The van der Waals surface area contributed by atoms with Gasteiger partial charge in [0.2, 0.25) is 0 Å². The molecule has 1 unspecified atom stereocenters. The van der Waals surface area contributed by atoms with Gasteiger partial charge in [-0.1, -0.05) is 31.2 Å². The van der Waals surface area contributed by atoms with Crippen LogP contribution in [0.15, 0.2) is 71.8 Å². The van der Waals surface area contributed by atoms with Crippen molar-refractivity contribution < 1.29 is 9.13 Å². The molecule has 0 aliphatic heterocycles. The molecule has 8 heteroatoms. The molecule has 3 aromatic carbocycles. The third-order valence-electron chi connectivity index (χ3n) is 6.61. The fourth-order valence-corrected chi connectivity index (χ4v) is 5.37. The molecule has 0 spiro atoms. The van der Waals surface area contributed by atoms with Gasteiger partial charge in [-0.05, 0) is 66.9 Å². The maximum atomic E-state index is 16.1. The molecule has 0 saturated carbocycles. The van der Waals surface area contributed by atoms with E-state index in [1.54, 1.807) is 30.1 Å². The Morgan fingerprint density at radius 3 is 2.63 bits per heavy atom. The zero-order chi connectivity index (χ0) is 26.8. The van der Waals surface area contributed by atoms with E-state index in [0.717, 1.165) is 32.5 Å². The number of anilines is 2. The number of hydrogen-bond acceptors (Lipinski definition) is 6. The predicted octanol–water partition coefficient (Wildman–Crippen LogP) is 6.79. The number of imidazole rings is 1. The monoisotopic (exact) mass is 527 g/mol. The molecule has 5 rings (SSSR count). The summed E-state index contributed by atoms with van der Waals surface area (Å²) in [5.74, 6) is 0.0118. The van der Waals surface area contributed by atoms with Crippen molar-refractivity contribution in [3.63, 3.8) is 0 Å². The lowest BCUT2D eigenvalue weighted by Gasteiger charge is -2.20. The standard InChI is InChI=1S/C30H30FN5OS/c1-4-17-12-22(28(31)25(13-17)37-5-2)27(23-15-18-14-19(32)10-11-20(18)29(33)35-23)30-34-16-24(36-30)21-8-6-7-9-26(21)38-3/h6-16,27H,4-5,32H2,1-3H3,(H2,33,35)(H,34,36). The molecule has 5 aromatic rings. The van der Waals surface area contributed by atoms with Crippen molar-refractivity contribution in [2.24, 2.45) is 0 Å². The van der Waals surface area contributed by atoms with Crippen molar-refractivity contribution >= 4 is 34.0 Å². The highest BCUT2D eigenvalue weighted by molar-refractivity contribution is 7.98. The Kier molecular flexibility index (Phi) is 7.24. The molecular formula is C30H30FN5OS.